The molecule has 112 valence electrons. The van der Waals surface area contributed by atoms with E-state index >= 15 is 0 Å². The van der Waals surface area contributed by atoms with Crippen LogP contribution in [0.5, 0.6) is 0 Å². The first-order valence-corrected chi connectivity index (χ1v) is 8.43. The Balaban J connectivity index is 1.84. The van der Waals surface area contributed by atoms with E-state index in [0.717, 1.165) is 42.1 Å². The monoisotopic (exact) mass is 347 g/mol. The minimum Gasteiger partial charge on any atom is -0.330 e. The fraction of sp³-hybridized carbons (Fsp3) is 0.471. The van der Waals surface area contributed by atoms with E-state index < -0.39 is 0 Å². The number of pyridine rings is 1. The van der Waals surface area contributed by atoms with E-state index in [1.165, 1.54) is 17.4 Å². The molecule has 3 rings (SSSR count). The van der Waals surface area contributed by atoms with Gasteiger partial charge >= 0.3 is 0 Å². The van der Waals surface area contributed by atoms with Gasteiger partial charge in [-0.15, -0.1) is 0 Å². The van der Waals surface area contributed by atoms with Gasteiger partial charge < -0.3 is 5.73 Å². The van der Waals surface area contributed by atoms with Crippen molar-refractivity contribution in [1.29, 1.82) is 0 Å². The maximum absolute atomic E-state index is 5.91. The third kappa shape index (κ3) is 3.12. The van der Waals surface area contributed by atoms with Gasteiger partial charge in [0.15, 0.2) is 0 Å². The predicted octanol–water partition coefficient (Wildman–Crippen LogP) is 3.41. The number of piperidine rings is 1. The molecule has 2 aromatic rings. The Morgan fingerprint density at radius 2 is 2.24 bits per heavy atom. The lowest BCUT2D eigenvalue weighted by atomic mass is 9.87. The van der Waals surface area contributed by atoms with Crippen LogP contribution in [0.2, 0.25) is 0 Å². The average molecular weight is 348 g/mol. The second kappa shape index (κ2) is 6.42. The van der Waals surface area contributed by atoms with Gasteiger partial charge in [0.05, 0.1) is 5.52 Å². The molecule has 2 N–H and O–H groups in total. The van der Waals surface area contributed by atoms with E-state index in [2.05, 4.69) is 50.9 Å². The fourth-order valence-electron chi connectivity index (χ4n) is 3.24. The molecule has 0 bridgehead atoms. The summed E-state index contributed by atoms with van der Waals surface area (Å²) in [5.41, 5.74) is 8.33. The molecule has 0 radical (unpaired) electrons. The van der Waals surface area contributed by atoms with E-state index in [1.54, 1.807) is 0 Å². The molecule has 2 heterocycles. The molecule has 3 nitrogen and oxygen atoms in total. The van der Waals surface area contributed by atoms with Crippen molar-refractivity contribution in [3.05, 3.63) is 40.5 Å². The van der Waals surface area contributed by atoms with Gasteiger partial charge in [-0.1, -0.05) is 35.0 Å². The first kappa shape index (κ1) is 14.9. The van der Waals surface area contributed by atoms with Crippen molar-refractivity contribution in [2.75, 3.05) is 19.6 Å². The molecule has 0 spiro atoms. The normalized spacial score (nSPS) is 23.6. The Hall–Kier alpha value is -0.970. The van der Waals surface area contributed by atoms with Crippen molar-refractivity contribution in [2.24, 2.45) is 17.6 Å². The van der Waals surface area contributed by atoms with Crippen LogP contribution in [0.3, 0.4) is 0 Å². The van der Waals surface area contributed by atoms with Crippen molar-refractivity contribution in [1.82, 2.24) is 9.88 Å². The molecule has 1 aromatic carbocycles. The Labute approximate surface area is 134 Å². The van der Waals surface area contributed by atoms with E-state index in [9.17, 15) is 0 Å². The van der Waals surface area contributed by atoms with Gasteiger partial charge in [-0.05, 0) is 49.0 Å². The highest BCUT2D eigenvalue weighted by atomic mass is 79.9. The highest BCUT2D eigenvalue weighted by Gasteiger charge is 2.25. The summed E-state index contributed by atoms with van der Waals surface area (Å²) in [6, 6.07) is 8.43. The summed E-state index contributed by atoms with van der Waals surface area (Å²) in [4.78, 5) is 7.10. The van der Waals surface area contributed by atoms with Crippen LogP contribution in [-0.4, -0.2) is 29.5 Å². The molecule has 0 amide bonds. The number of likely N-dealkylation sites (tertiary alicyclic amines) is 1. The van der Waals surface area contributed by atoms with Gasteiger partial charge in [0, 0.05) is 29.1 Å². The van der Waals surface area contributed by atoms with Crippen LogP contribution in [0.15, 0.2) is 34.9 Å². The largest absolute Gasteiger partial charge is 0.330 e. The zero-order valence-corrected chi connectivity index (χ0v) is 14.0. The maximum Gasteiger partial charge on any atom is 0.0758 e. The van der Waals surface area contributed by atoms with Crippen LogP contribution >= 0.6 is 15.9 Å². The molecule has 1 aromatic heterocycles. The predicted molar refractivity (Wildman–Crippen MR) is 91.0 cm³/mol. The lowest BCUT2D eigenvalue weighted by molar-refractivity contribution is 0.126. The average Bonchev–Trinajstić information content (AvgIpc) is 2.52. The highest BCUT2D eigenvalue weighted by Crippen LogP contribution is 2.28. The number of benzene rings is 1. The van der Waals surface area contributed by atoms with Crippen molar-refractivity contribution in [3.8, 4) is 0 Å². The minimum atomic E-state index is 0.619. The molecule has 4 heteroatoms. The van der Waals surface area contributed by atoms with Gasteiger partial charge in [0.2, 0.25) is 0 Å². The zero-order chi connectivity index (χ0) is 14.8. The lowest BCUT2D eigenvalue weighted by Crippen LogP contribution is -2.42. The fourth-order valence-corrected chi connectivity index (χ4v) is 3.69. The molecule has 1 aliphatic heterocycles. The molecule has 2 atom stereocenters. The third-order valence-corrected chi connectivity index (χ3v) is 5.39. The van der Waals surface area contributed by atoms with E-state index in [1.807, 2.05) is 12.3 Å². The number of fused-ring (bicyclic) bond motifs is 1. The topological polar surface area (TPSA) is 42.2 Å². The molecule has 1 saturated heterocycles. The summed E-state index contributed by atoms with van der Waals surface area (Å²) in [5, 5.41) is 1.19. The van der Waals surface area contributed by atoms with Crippen LogP contribution in [-0.2, 0) is 6.54 Å². The smallest absolute Gasteiger partial charge is 0.0758 e. The van der Waals surface area contributed by atoms with Gasteiger partial charge in [-0.25, -0.2) is 0 Å². The van der Waals surface area contributed by atoms with E-state index in [4.69, 9.17) is 5.73 Å². The summed E-state index contributed by atoms with van der Waals surface area (Å²) in [6.45, 7) is 6.33. The SMILES string of the molecule is CC1CCN(Cc2ccc(Br)c3cccnc23)CC1CN. The summed E-state index contributed by atoms with van der Waals surface area (Å²) in [5.74, 6) is 1.36. The second-order valence-electron chi connectivity index (χ2n) is 6.10. The number of hydrogen-bond donors (Lipinski definition) is 1. The maximum atomic E-state index is 5.91. The third-order valence-electron chi connectivity index (χ3n) is 4.69. The van der Waals surface area contributed by atoms with Crippen molar-refractivity contribution >= 4 is 26.8 Å². The van der Waals surface area contributed by atoms with Gasteiger partial charge in [0.25, 0.3) is 0 Å². The Morgan fingerprint density at radius 3 is 3.05 bits per heavy atom. The van der Waals surface area contributed by atoms with Gasteiger partial charge in [-0.3, -0.25) is 9.88 Å². The van der Waals surface area contributed by atoms with Crippen molar-refractivity contribution < 1.29 is 0 Å². The molecule has 0 aliphatic carbocycles. The molecule has 0 saturated carbocycles. The second-order valence-corrected chi connectivity index (χ2v) is 6.96. The molecule has 2 unspecified atom stereocenters. The summed E-state index contributed by atoms with van der Waals surface area (Å²) in [7, 11) is 0. The number of nitrogens with zero attached hydrogens (tertiary/aromatic N) is 2. The molecule has 21 heavy (non-hydrogen) atoms. The molecule has 1 fully saturated rings. The van der Waals surface area contributed by atoms with Gasteiger partial charge in [0.1, 0.15) is 0 Å². The highest BCUT2D eigenvalue weighted by molar-refractivity contribution is 9.10. The number of halogens is 1. The Morgan fingerprint density at radius 1 is 1.38 bits per heavy atom. The van der Waals surface area contributed by atoms with Crippen LogP contribution in [0.4, 0.5) is 0 Å². The summed E-state index contributed by atoms with van der Waals surface area (Å²) in [6.07, 6.45) is 3.11. The summed E-state index contributed by atoms with van der Waals surface area (Å²) < 4.78 is 1.11. The van der Waals surface area contributed by atoms with E-state index in [-0.39, 0.29) is 0 Å². The number of hydrogen-bond acceptors (Lipinski definition) is 3. The van der Waals surface area contributed by atoms with E-state index in [0.29, 0.717) is 5.92 Å². The summed E-state index contributed by atoms with van der Waals surface area (Å²) >= 11 is 3.61. The molecular weight excluding hydrogens is 326 g/mol. The first-order chi connectivity index (χ1) is 10.2. The Kier molecular flexibility index (Phi) is 4.57. The lowest BCUT2D eigenvalue weighted by Gasteiger charge is -2.36. The Bertz CT molecular complexity index is 628. The minimum absolute atomic E-state index is 0.619. The van der Waals surface area contributed by atoms with Crippen molar-refractivity contribution in [3.63, 3.8) is 0 Å². The standard InChI is InChI=1S/C17H22BrN3/c1-12-6-8-21(11-14(12)9-19)10-13-4-5-16(18)15-3-2-7-20-17(13)15/h2-5,7,12,14H,6,8-11,19H2,1H3. The molecular formula is C17H22BrN3. The van der Waals surface area contributed by atoms with Crippen molar-refractivity contribution in [2.45, 2.75) is 19.9 Å². The number of aromatic nitrogens is 1. The van der Waals surface area contributed by atoms with Crippen LogP contribution in [0.25, 0.3) is 10.9 Å². The van der Waals surface area contributed by atoms with Crippen LogP contribution in [0.1, 0.15) is 18.9 Å². The quantitative estimate of drug-likeness (QED) is 0.924. The first-order valence-electron chi connectivity index (χ1n) is 7.63. The molecule has 1 aliphatic rings. The van der Waals surface area contributed by atoms with Crippen LogP contribution in [0, 0.1) is 11.8 Å². The zero-order valence-electron chi connectivity index (χ0n) is 12.4. The number of rotatable bonds is 3. The number of nitrogens with two attached hydrogens (primary N) is 1. The van der Waals surface area contributed by atoms with Gasteiger partial charge in [-0.2, -0.15) is 0 Å². The van der Waals surface area contributed by atoms with Crippen LogP contribution < -0.4 is 5.73 Å².